The zero-order valence-electron chi connectivity index (χ0n) is 7.11. The van der Waals surface area contributed by atoms with Gasteiger partial charge in [-0.15, -0.1) is 0 Å². The number of hydrogen-bond acceptors (Lipinski definition) is 2. The zero-order chi connectivity index (χ0) is 9.52. The van der Waals surface area contributed by atoms with Crippen LogP contribution in [0, 0.1) is 0 Å². The molecule has 2 nitrogen and oxygen atoms in total. The summed E-state index contributed by atoms with van der Waals surface area (Å²) in [5, 5.41) is 0.954. The predicted octanol–water partition coefficient (Wildman–Crippen LogP) is 2.69. The molecule has 0 amide bonds. The molecular weight excluding hydrogens is 230 g/mol. The highest BCUT2D eigenvalue weighted by atomic mass is 79.9. The largest absolute Gasteiger partial charge is 0.298 e. The first-order valence-corrected chi connectivity index (χ1v) is 5.12. The topological polar surface area (TPSA) is 30.0 Å². The van der Waals surface area contributed by atoms with Gasteiger partial charge in [0.15, 0.2) is 6.29 Å². The van der Waals surface area contributed by atoms with Gasteiger partial charge in [-0.3, -0.25) is 9.78 Å². The summed E-state index contributed by atoms with van der Waals surface area (Å²) in [7, 11) is 0. The van der Waals surface area contributed by atoms with Gasteiger partial charge in [-0.2, -0.15) is 0 Å². The normalized spacial score (nSPS) is 10.5. The van der Waals surface area contributed by atoms with E-state index in [9.17, 15) is 4.79 Å². The van der Waals surface area contributed by atoms with Gasteiger partial charge < -0.3 is 0 Å². The SMILES string of the molecule is O=Cc1ccc(C=CCCBr)nc1. The summed E-state index contributed by atoms with van der Waals surface area (Å²) in [4.78, 5) is 14.4. The molecule has 0 aliphatic heterocycles. The Kier molecular flexibility index (Phi) is 4.40. The van der Waals surface area contributed by atoms with Crippen LogP contribution in [0.15, 0.2) is 24.4 Å². The number of nitrogens with zero attached hydrogens (tertiary/aromatic N) is 1. The second-order valence-electron chi connectivity index (χ2n) is 2.51. The first kappa shape index (κ1) is 10.1. The molecule has 0 saturated heterocycles. The lowest BCUT2D eigenvalue weighted by Gasteiger charge is -1.92. The molecule has 0 atom stereocenters. The Balaban J connectivity index is 2.63. The number of aromatic nitrogens is 1. The van der Waals surface area contributed by atoms with Gasteiger partial charge in [-0.1, -0.05) is 22.0 Å². The predicted molar refractivity (Wildman–Crippen MR) is 57.1 cm³/mol. The van der Waals surface area contributed by atoms with E-state index in [0.29, 0.717) is 5.56 Å². The van der Waals surface area contributed by atoms with Crippen molar-refractivity contribution < 1.29 is 4.79 Å². The summed E-state index contributed by atoms with van der Waals surface area (Å²) in [5.74, 6) is 0. The van der Waals surface area contributed by atoms with E-state index >= 15 is 0 Å². The monoisotopic (exact) mass is 239 g/mol. The van der Waals surface area contributed by atoms with Crippen LogP contribution in [0.5, 0.6) is 0 Å². The highest BCUT2D eigenvalue weighted by Crippen LogP contribution is 2.01. The van der Waals surface area contributed by atoms with E-state index in [1.807, 2.05) is 18.2 Å². The minimum atomic E-state index is 0.609. The van der Waals surface area contributed by atoms with E-state index in [1.165, 1.54) is 0 Å². The van der Waals surface area contributed by atoms with Crippen LogP contribution in [0.3, 0.4) is 0 Å². The highest BCUT2D eigenvalue weighted by molar-refractivity contribution is 9.09. The molecule has 1 aromatic rings. The van der Waals surface area contributed by atoms with Crippen molar-refractivity contribution in [1.82, 2.24) is 4.98 Å². The summed E-state index contributed by atoms with van der Waals surface area (Å²) < 4.78 is 0. The number of hydrogen-bond donors (Lipinski definition) is 0. The number of aldehydes is 1. The summed E-state index contributed by atoms with van der Waals surface area (Å²) >= 11 is 3.33. The standard InChI is InChI=1S/C10H10BrNO/c11-6-2-1-3-10-5-4-9(8-13)7-12-10/h1,3-5,7-8H,2,6H2. The fourth-order valence-electron chi connectivity index (χ4n) is 0.852. The molecule has 1 aromatic heterocycles. The average molecular weight is 240 g/mol. The maximum atomic E-state index is 10.3. The molecule has 0 saturated carbocycles. The Bertz CT molecular complexity index is 292. The van der Waals surface area contributed by atoms with Crippen molar-refractivity contribution in [3.63, 3.8) is 0 Å². The summed E-state index contributed by atoms with van der Waals surface area (Å²) in [6.07, 6.45) is 7.32. The van der Waals surface area contributed by atoms with Crippen LogP contribution in [0.25, 0.3) is 6.08 Å². The Morgan fingerprint density at radius 3 is 2.85 bits per heavy atom. The zero-order valence-corrected chi connectivity index (χ0v) is 8.70. The van der Waals surface area contributed by atoms with Gasteiger partial charge in [0.05, 0.1) is 5.69 Å². The molecule has 0 radical (unpaired) electrons. The van der Waals surface area contributed by atoms with Crippen LogP contribution in [0.4, 0.5) is 0 Å². The van der Waals surface area contributed by atoms with Crippen LogP contribution < -0.4 is 0 Å². The molecule has 0 fully saturated rings. The maximum absolute atomic E-state index is 10.3. The summed E-state index contributed by atoms with van der Waals surface area (Å²) in [5.41, 5.74) is 1.49. The number of carbonyl (C=O) groups excluding carboxylic acids is 1. The van der Waals surface area contributed by atoms with Crippen LogP contribution in [-0.2, 0) is 0 Å². The molecule has 0 unspecified atom stereocenters. The minimum Gasteiger partial charge on any atom is -0.298 e. The molecule has 0 N–H and O–H groups in total. The summed E-state index contributed by atoms with van der Waals surface area (Å²) in [6.45, 7) is 0. The van der Waals surface area contributed by atoms with Gasteiger partial charge in [0, 0.05) is 17.1 Å². The molecule has 0 aliphatic rings. The quantitative estimate of drug-likeness (QED) is 0.598. The van der Waals surface area contributed by atoms with E-state index in [4.69, 9.17) is 0 Å². The molecule has 0 aliphatic carbocycles. The fraction of sp³-hybridized carbons (Fsp3) is 0.200. The Morgan fingerprint density at radius 1 is 1.46 bits per heavy atom. The van der Waals surface area contributed by atoms with E-state index in [-0.39, 0.29) is 0 Å². The Hall–Kier alpha value is -0.960. The van der Waals surface area contributed by atoms with Gasteiger partial charge in [0.25, 0.3) is 0 Å². The van der Waals surface area contributed by atoms with Crippen LogP contribution in [-0.4, -0.2) is 16.6 Å². The fourth-order valence-corrected chi connectivity index (χ4v) is 1.12. The van der Waals surface area contributed by atoms with Crippen LogP contribution in [0.1, 0.15) is 22.5 Å². The number of rotatable bonds is 4. The number of halogens is 1. The lowest BCUT2D eigenvalue weighted by Crippen LogP contribution is -1.84. The summed E-state index contributed by atoms with van der Waals surface area (Å²) in [6, 6.07) is 3.59. The van der Waals surface area contributed by atoms with E-state index in [0.717, 1.165) is 23.7 Å². The third-order valence-corrected chi connectivity index (χ3v) is 1.97. The first-order chi connectivity index (χ1) is 6.36. The van der Waals surface area contributed by atoms with Gasteiger partial charge in [-0.25, -0.2) is 0 Å². The van der Waals surface area contributed by atoms with Gasteiger partial charge in [0.1, 0.15) is 0 Å². The third-order valence-electron chi connectivity index (χ3n) is 1.51. The van der Waals surface area contributed by atoms with Crippen molar-refractivity contribution in [3.8, 4) is 0 Å². The van der Waals surface area contributed by atoms with E-state index in [1.54, 1.807) is 12.3 Å². The molecule has 1 rings (SSSR count). The van der Waals surface area contributed by atoms with Crippen LogP contribution >= 0.6 is 15.9 Å². The second-order valence-corrected chi connectivity index (χ2v) is 3.31. The maximum Gasteiger partial charge on any atom is 0.151 e. The molecule has 1 heterocycles. The van der Waals surface area contributed by atoms with Gasteiger partial charge in [0.2, 0.25) is 0 Å². The Morgan fingerprint density at radius 2 is 2.31 bits per heavy atom. The molecule has 0 bridgehead atoms. The Labute approximate surface area is 85.8 Å². The van der Waals surface area contributed by atoms with Gasteiger partial charge >= 0.3 is 0 Å². The molecule has 68 valence electrons. The van der Waals surface area contributed by atoms with Crippen molar-refractivity contribution in [2.75, 3.05) is 5.33 Å². The number of pyridine rings is 1. The second kappa shape index (κ2) is 5.65. The number of allylic oxidation sites excluding steroid dienone is 1. The first-order valence-electron chi connectivity index (χ1n) is 4.00. The number of carbonyl (C=O) groups is 1. The van der Waals surface area contributed by atoms with Crippen molar-refractivity contribution in [2.24, 2.45) is 0 Å². The molecule has 0 aromatic carbocycles. The molecular formula is C10H10BrNO. The van der Waals surface area contributed by atoms with Crippen molar-refractivity contribution in [1.29, 1.82) is 0 Å². The molecule has 3 heteroatoms. The van der Waals surface area contributed by atoms with Crippen molar-refractivity contribution in [2.45, 2.75) is 6.42 Å². The smallest absolute Gasteiger partial charge is 0.151 e. The highest BCUT2D eigenvalue weighted by Gasteiger charge is 1.89. The number of alkyl halides is 1. The van der Waals surface area contributed by atoms with E-state index < -0.39 is 0 Å². The van der Waals surface area contributed by atoms with Crippen molar-refractivity contribution >= 4 is 28.3 Å². The lowest BCUT2D eigenvalue weighted by atomic mass is 10.2. The van der Waals surface area contributed by atoms with Crippen LogP contribution in [0.2, 0.25) is 0 Å². The molecule has 0 spiro atoms. The van der Waals surface area contributed by atoms with Gasteiger partial charge in [-0.05, 0) is 24.6 Å². The molecule has 13 heavy (non-hydrogen) atoms. The third kappa shape index (κ3) is 3.51. The average Bonchev–Trinajstić information content (AvgIpc) is 2.19. The van der Waals surface area contributed by atoms with Crippen molar-refractivity contribution in [3.05, 3.63) is 35.7 Å². The lowest BCUT2D eigenvalue weighted by molar-refractivity contribution is 0.112. The minimum absolute atomic E-state index is 0.609. The van der Waals surface area contributed by atoms with E-state index in [2.05, 4.69) is 20.9 Å².